The molecule has 196 valence electrons. The number of fused-ring (bicyclic) bond motifs is 5. The molecule has 4 saturated carbocycles. The zero-order chi connectivity index (χ0) is 24.2. The summed E-state index contributed by atoms with van der Waals surface area (Å²) < 4.78 is 5.92. The molecule has 0 aromatic carbocycles. The van der Waals surface area contributed by atoms with Crippen molar-refractivity contribution in [1.82, 2.24) is 5.32 Å². The van der Waals surface area contributed by atoms with Gasteiger partial charge in [-0.1, -0.05) is 40.0 Å². The van der Waals surface area contributed by atoms with Crippen molar-refractivity contribution in [2.24, 2.45) is 46.3 Å². The van der Waals surface area contributed by atoms with Crippen LogP contribution in [0.25, 0.3) is 0 Å². The van der Waals surface area contributed by atoms with Crippen LogP contribution in [0.2, 0.25) is 0 Å². The first-order valence-electron chi connectivity index (χ1n) is 14.9. The van der Waals surface area contributed by atoms with Crippen LogP contribution in [0.15, 0.2) is 0 Å². The molecule has 4 nitrogen and oxygen atoms in total. The summed E-state index contributed by atoms with van der Waals surface area (Å²) in [5, 5.41) is 11.9. The molecule has 0 spiro atoms. The number of rotatable bonds is 12. The molecule has 4 aliphatic carbocycles. The zero-order valence-corrected chi connectivity index (χ0v) is 22.4. The summed E-state index contributed by atoms with van der Waals surface area (Å²) in [5.74, 6) is 5.82. The number of hydrogen-bond acceptors (Lipinski definition) is 3. The maximum atomic E-state index is 10.5. The van der Waals surface area contributed by atoms with Crippen molar-refractivity contribution in [3.8, 4) is 0 Å². The highest BCUT2D eigenvalue weighted by atomic mass is 16.5. The first-order chi connectivity index (χ1) is 16.5. The largest absolute Gasteiger partial charge is 0.394 e. The van der Waals surface area contributed by atoms with Gasteiger partial charge in [0, 0.05) is 13.2 Å². The van der Waals surface area contributed by atoms with Gasteiger partial charge in [0.1, 0.15) is 0 Å². The molecule has 0 saturated heterocycles. The number of nitrogens with one attached hydrogen (secondary N) is 1. The second-order valence-corrected chi connectivity index (χ2v) is 13.0. The van der Waals surface area contributed by atoms with Crippen LogP contribution in [0.1, 0.15) is 111 Å². The number of amides is 1. The number of carbonyl (C=O) groups excluding carboxylic acids is 1. The normalized spacial score (nSPS) is 42.4. The molecule has 9 atom stereocenters. The molecule has 4 rings (SSSR count). The Kier molecular flexibility index (Phi) is 9.05. The van der Waals surface area contributed by atoms with E-state index in [1.165, 1.54) is 77.0 Å². The topological polar surface area (TPSA) is 58.6 Å². The zero-order valence-electron chi connectivity index (χ0n) is 22.4. The Hall–Kier alpha value is -0.610. The Morgan fingerprint density at radius 2 is 1.79 bits per heavy atom. The van der Waals surface area contributed by atoms with Gasteiger partial charge in [-0.15, -0.1) is 0 Å². The summed E-state index contributed by atoms with van der Waals surface area (Å²) in [6.45, 7) is 9.46. The van der Waals surface area contributed by atoms with Crippen molar-refractivity contribution >= 4 is 6.41 Å². The van der Waals surface area contributed by atoms with Crippen molar-refractivity contribution in [3.63, 3.8) is 0 Å². The Balaban J connectivity index is 1.27. The van der Waals surface area contributed by atoms with Crippen LogP contribution in [0.4, 0.5) is 0 Å². The summed E-state index contributed by atoms with van der Waals surface area (Å²) in [6, 6.07) is -0.134. The molecule has 7 unspecified atom stereocenters. The van der Waals surface area contributed by atoms with Gasteiger partial charge in [0.2, 0.25) is 6.41 Å². The maximum Gasteiger partial charge on any atom is 0.207 e. The van der Waals surface area contributed by atoms with Crippen LogP contribution in [0, 0.1) is 46.3 Å². The van der Waals surface area contributed by atoms with Gasteiger partial charge >= 0.3 is 0 Å². The van der Waals surface area contributed by atoms with Gasteiger partial charge in [0.25, 0.3) is 0 Å². The highest BCUT2D eigenvalue weighted by molar-refractivity contribution is 5.46. The SMILES string of the molecule is CC[C@H]1CC2C3CCC(CCCOCCCC(CO)NC=O)C3(C)CC[C@@H]2C2(C)CCCCC12. The lowest BCUT2D eigenvalue weighted by Gasteiger charge is -2.62. The first-order valence-corrected chi connectivity index (χ1v) is 14.9. The van der Waals surface area contributed by atoms with Crippen molar-refractivity contribution in [3.05, 3.63) is 0 Å². The lowest BCUT2D eigenvalue weighted by molar-refractivity contribution is -0.136. The molecular weight excluding hydrogens is 422 g/mol. The van der Waals surface area contributed by atoms with Gasteiger partial charge < -0.3 is 15.2 Å². The maximum absolute atomic E-state index is 10.5. The summed E-state index contributed by atoms with van der Waals surface area (Å²) in [7, 11) is 0. The predicted molar refractivity (Wildman–Crippen MR) is 138 cm³/mol. The van der Waals surface area contributed by atoms with Crippen LogP contribution < -0.4 is 5.32 Å². The molecular formula is C30H53NO3. The Morgan fingerprint density at radius 3 is 2.56 bits per heavy atom. The number of hydrogen-bond donors (Lipinski definition) is 2. The molecule has 2 N–H and O–H groups in total. The lowest BCUT2D eigenvalue weighted by atomic mass is 9.42. The molecule has 4 heteroatoms. The van der Waals surface area contributed by atoms with Crippen molar-refractivity contribution in [1.29, 1.82) is 0 Å². The first kappa shape index (κ1) is 26.5. The molecule has 4 aliphatic rings. The highest BCUT2D eigenvalue weighted by Gasteiger charge is 2.60. The fourth-order valence-electron chi connectivity index (χ4n) is 9.89. The van der Waals surface area contributed by atoms with Crippen molar-refractivity contribution < 1.29 is 14.6 Å². The smallest absolute Gasteiger partial charge is 0.207 e. The number of aliphatic hydroxyl groups is 1. The predicted octanol–water partition coefficient (Wildman–Crippen LogP) is 6.36. The molecule has 0 aliphatic heterocycles. The summed E-state index contributed by atoms with van der Waals surface area (Å²) in [4.78, 5) is 10.5. The minimum Gasteiger partial charge on any atom is -0.394 e. The molecule has 0 radical (unpaired) electrons. The van der Waals surface area contributed by atoms with E-state index in [9.17, 15) is 9.90 Å². The van der Waals surface area contributed by atoms with Gasteiger partial charge in [-0.2, -0.15) is 0 Å². The highest BCUT2D eigenvalue weighted by Crippen LogP contribution is 2.69. The van der Waals surface area contributed by atoms with E-state index < -0.39 is 0 Å². The van der Waals surface area contributed by atoms with Gasteiger partial charge in [-0.05, 0) is 117 Å². The minimum atomic E-state index is -0.134. The van der Waals surface area contributed by atoms with Gasteiger partial charge in [-0.25, -0.2) is 0 Å². The van der Waals surface area contributed by atoms with Crippen molar-refractivity contribution in [2.75, 3.05) is 19.8 Å². The second-order valence-electron chi connectivity index (χ2n) is 13.0. The molecule has 4 fully saturated rings. The summed E-state index contributed by atoms with van der Waals surface area (Å²) >= 11 is 0. The molecule has 0 heterocycles. The van der Waals surface area contributed by atoms with Gasteiger partial charge in [0.15, 0.2) is 0 Å². The second kappa shape index (κ2) is 11.6. The van der Waals surface area contributed by atoms with Crippen LogP contribution >= 0.6 is 0 Å². The molecule has 0 bridgehead atoms. The fourth-order valence-corrected chi connectivity index (χ4v) is 9.89. The van der Waals surface area contributed by atoms with Crippen molar-refractivity contribution in [2.45, 2.75) is 117 Å². The van der Waals surface area contributed by atoms with Gasteiger partial charge in [0.05, 0.1) is 12.6 Å². The molecule has 34 heavy (non-hydrogen) atoms. The lowest BCUT2D eigenvalue weighted by Crippen LogP contribution is -2.55. The summed E-state index contributed by atoms with van der Waals surface area (Å²) in [6.07, 6.45) is 19.6. The molecule has 1 amide bonds. The van der Waals surface area contributed by atoms with E-state index in [0.717, 1.165) is 61.6 Å². The van der Waals surface area contributed by atoms with E-state index in [2.05, 4.69) is 26.1 Å². The van der Waals surface area contributed by atoms with E-state index in [0.29, 0.717) is 17.2 Å². The van der Waals surface area contributed by atoms with Crippen LogP contribution in [0.5, 0.6) is 0 Å². The Labute approximate surface area is 209 Å². The average molecular weight is 476 g/mol. The minimum absolute atomic E-state index is 0.000824. The fraction of sp³-hybridized carbons (Fsp3) is 0.967. The monoisotopic (exact) mass is 475 g/mol. The standard InChI is InChI=1S/C30H53NO3/c1-4-22-19-25-27-13-12-23(9-7-17-34-18-8-10-24(20-32)31-21-33)29(27,2)16-14-28(25)30(3)15-6-5-11-26(22)30/h21-28,32H,4-20H2,1-3H3,(H,31,33)/t22-,23?,24?,25?,26?,27?,28-,29?,30?/m0/s1. The van der Waals surface area contributed by atoms with Gasteiger partial charge in [-0.3, -0.25) is 4.79 Å². The third-order valence-electron chi connectivity index (χ3n) is 11.7. The number of ether oxygens (including phenoxy) is 1. The number of aliphatic hydroxyl groups excluding tert-OH is 1. The molecule has 0 aromatic heterocycles. The van der Waals surface area contributed by atoms with Crippen LogP contribution in [-0.2, 0) is 9.53 Å². The molecule has 0 aromatic rings. The quantitative estimate of drug-likeness (QED) is 0.255. The van der Waals surface area contributed by atoms with E-state index in [4.69, 9.17) is 4.74 Å². The summed E-state index contributed by atoms with van der Waals surface area (Å²) in [5.41, 5.74) is 1.19. The Bertz CT molecular complexity index is 655. The number of carbonyl (C=O) groups is 1. The average Bonchev–Trinajstić information content (AvgIpc) is 3.18. The van der Waals surface area contributed by atoms with E-state index in [1.54, 1.807) is 0 Å². The van der Waals surface area contributed by atoms with E-state index in [1.807, 2.05) is 0 Å². The van der Waals surface area contributed by atoms with Crippen LogP contribution in [-0.4, -0.2) is 37.4 Å². The van der Waals surface area contributed by atoms with E-state index in [-0.39, 0.29) is 12.6 Å². The third kappa shape index (κ3) is 5.10. The van der Waals surface area contributed by atoms with Crippen LogP contribution in [0.3, 0.4) is 0 Å². The third-order valence-corrected chi connectivity index (χ3v) is 11.7. The Morgan fingerprint density at radius 1 is 1.00 bits per heavy atom. The van der Waals surface area contributed by atoms with E-state index >= 15 is 0 Å².